The van der Waals surface area contributed by atoms with E-state index in [4.69, 9.17) is 23.2 Å². The van der Waals surface area contributed by atoms with Crippen LogP contribution in [0.1, 0.15) is 58.3 Å². The standard InChI is InChI=1S/C12H22Cl2O2/c1-2-7-11(14)8-5-3-4-6-9-12(15)16-10-13/h11H,2-10H2,1H3. The molecule has 1 unspecified atom stereocenters. The molecule has 0 bridgehead atoms. The molecule has 96 valence electrons. The molecule has 0 aromatic heterocycles. The molecule has 0 aromatic carbocycles. The van der Waals surface area contributed by atoms with Gasteiger partial charge in [-0.2, -0.15) is 0 Å². The molecule has 0 saturated carbocycles. The molecule has 0 aromatic rings. The van der Waals surface area contributed by atoms with Gasteiger partial charge in [0.05, 0.1) is 0 Å². The van der Waals surface area contributed by atoms with Crippen molar-refractivity contribution in [3.05, 3.63) is 0 Å². The summed E-state index contributed by atoms with van der Waals surface area (Å²) < 4.78 is 4.62. The normalized spacial score (nSPS) is 12.4. The third-order valence-electron chi connectivity index (χ3n) is 2.47. The Bertz CT molecular complexity index is 174. The Hall–Kier alpha value is 0.0500. The molecule has 1 atom stereocenters. The largest absolute Gasteiger partial charge is 0.449 e. The molecule has 0 amide bonds. The van der Waals surface area contributed by atoms with Crippen molar-refractivity contribution in [3.8, 4) is 0 Å². The maximum atomic E-state index is 10.9. The van der Waals surface area contributed by atoms with Crippen LogP contribution in [0, 0.1) is 0 Å². The number of carbonyl (C=O) groups is 1. The van der Waals surface area contributed by atoms with Gasteiger partial charge in [-0.25, -0.2) is 0 Å². The maximum absolute atomic E-state index is 10.9. The highest BCUT2D eigenvalue weighted by atomic mass is 35.5. The van der Waals surface area contributed by atoms with Crippen molar-refractivity contribution in [2.45, 2.75) is 63.7 Å². The number of esters is 1. The fraction of sp³-hybridized carbons (Fsp3) is 0.917. The van der Waals surface area contributed by atoms with Gasteiger partial charge in [-0.15, -0.1) is 11.6 Å². The zero-order chi connectivity index (χ0) is 12.2. The minimum absolute atomic E-state index is 0.0379. The Morgan fingerprint density at radius 3 is 2.50 bits per heavy atom. The average molecular weight is 269 g/mol. The summed E-state index contributed by atoms with van der Waals surface area (Å²) in [5.74, 6) is -0.198. The van der Waals surface area contributed by atoms with E-state index in [-0.39, 0.29) is 12.0 Å². The Kier molecular flexibility index (Phi) is 11.6. The van der Waals surface area contributed by atoms with Gasteiger partial charge < -0.3 is 4.74 Å². The number of rotatable bonds is 10. The molecular formula is C12H22Cl2O2. The van der Waals surface area contributed by atoms with Crippen LogP contribution in [0.15, 0.2) is 0 Å². The van der Waals surface area contributed by atoms with E-state index in [1.54, 1.807) is 0 Å². The zero-order valence-electron chi connectivity index (χ0n) is 10.0. The van der Waals surface area contributed by atoms with Crippen LogP contribution in [-0.2, 0) is 9.53 Å². The molecule has 0 saturated heterocycles. The maximum Gasteiger partial charge on any atom is 0.306 e. The molecule has 0 heterocycles. The molecular weight excluding hydrogens is 247 g/mol. The quantitative estimate of drug-likeness (QED) is 0.332. The molecule has 0 aliphatic rings. The van der Waals surface area contributed by atoms with Gasteiger partial charge in [-0.1, -0.05) is 44.2 Å². The summed E-state index contributed by atoms with van der Waals surface area (Å²) in [4.78, 5) is 10.9. The topological polar surface area (TPSA) is 26.3 Å². The highest BCUT2D eigenvalue weighted by Gasteiger charge is 2.03. The molecule has 0 fully saturated rings. The van der Waals surface area contributed by atoms with Gasteiger partial charge in [0.2, 0.25) is 0 Å². The van der Waals surface area contributed by atoms with Gasteiger partial charge in [0.25, 0.3) is 0 Å². The van der Waals surface area contributed by atoms with Crippen molar-refractivity contribution in [1.29, 1.82) is 0 Å². The van der Waals surface area contributed by atoms with Crippen molar-refractivity contribution in [2.24, 2.45) is 0 Å². The van der Waals surface area contributed by atoms with Gasteiger partial charge in [-0.3, -0.25) is 4.79 Å². The van der Waals surface area contributed by atoms with Crippen molar-refractivity contribution >= 4 is 29.2 Å². The van der Waals surface area contributed by atoms with Gasteiger partial charge in [0, 0.05) is 11.8 Å². The second-order valence-corrected chi connectivity index (χ2v) is 4.80. The van der Waals surface area contributed by atoms with Crippen LogP contribution in [-0.4, -0.2) is 17.4 Å². The van der Waals surface area contributed by atoms with E-state index >= 15 is 0 Å². The van der Waals surface area contributed by atoms with Crippen LogP contribution >= 0.6 is 23.2 Å². The van der Waals surface area contributed by atoms with E-state index in [2.05, 4.69) is 11.7 Å². The summed E-state index contributed by atoms with van der Waals surface area (Å²) >= 11 is 11.4. The highest BCUT2D eigenvalue weighted by Crippen LogP contribution is 2.15. The van der Waals surface area contributed by atoms with E-state index in [9.17, 15) is 4.79 Å². The van der Waals surface area contributed by atoms with E-state index < -0.39 is 0 Å². The van der Waals surface area contributed by atoms with Crippen molar-refractivity contribution in [3.63, 3.8) is 0 Å². The van der Waals surface area contributed by atoms with E-state index in [0.717, 1.165) is 44.9 Å². The van der Waals surface area contributed by atoms with Crippen molar-refractivity contribution < 1.29 is 9.53 Å². The lowest BCUT2D eigenvalue weighted by molar-refractivity contribution is -0.141. The summed E-state index contributed by atoms with van der Waals surface area (Å²) in [7, 11) is 0. The molecule has 0 spiro atoms. The lowest BCUT2D eigenvalue weighted by Crippen LogP contribution is -2.02. The summed E-state index contributed by atoms with van der Waals surface area (Å²) in [6.07, 6.45) is 8.05. The highest BCUT2D eigenvalue weighted by molar-refractivity contribution is 6.20. The monoisotopic (exact) mass is 268 g/mol. The summed E-state index contributed by atoms with van der Waals surface area (Å²) in [6.45, 7) is 2.15. The molecule has 0 radical (unpaired) electrons. The number of halogens is 2. The van der Waals surface area contributed by atoms with E-state index in [0.29, 0.717) is 11.8 Å². The van der Waals surface area contributed by atoms with Crippen LogP contribution in [0.5, 0.6) is 0 Å². The first-order chi connectivity index (χ1) is 7.70. The SMILES string of the molecule is CCCC(Cl)CCCCCCC(=O)OCCl. The van der Waals surface area contributed by atoms with Crippen molar-refractivity contribution in [1.82, 2.24) is 0 Å². The van der Waals surface area contributed by atoms with Crippen LogP contribution in [0.2, 0.25) is 0 Å². The molecule has 0 aliphatic heterocycles. The number of unbranched alkanes of at least 4 members (excludes halogenated alkanes) is 3. The van der Waals surface area contributed by atoms with Gasteiger partial charge in [0.15, 0.2) is 6.07 Å². The number of alkyl halides is 2. The first kappa shape index (κ1) is 16.1. The molecule has 2 nitrogen and oxygen atoms in total. The van der Waals surface area contributed by atoms with Crippen molar-refractivity contribution in [2.75, 3.05) is 6.07 Å². The van der Waals surface area contributed by atoms with Gasteiger partial charge in [-0.05, 0) is 19.3 Å². The van der Waals surface area contributed by atoms with Crippen LogP contribution < -0.4 is 0 Å². The number of ether oxygens (including phenoxy) is 1. The number of hydrogen-bond acceptors (Lipinski definition) is 2. The third-order valence-corrected chi connectivity index (χ3v) is 3.01. The smallest absolute Gasteiger partial charge is 0.306 e. The van der Waals surface area contributed by atoms with Gasteiger partial charge >= 0.3 is 5.97 Å². The molecule has 0 N–H and O–H groups in total. The van der Waals surface area contributed by atoms with Gasteiger partial charge in [0.1, 0.15) is 0 Å². The summed E-state index contributed by atoms with van der Waals surface area (Å²) in [5.41, 5.74) is 0. The first-order valence-electron chi connectivity index (χ1n) is 6.06. The Morgan fingerprint density at radius 1 is 1.19 bits per heavy atom. The van der Waals surface area contributed by atoms with E-state index in [1.807, 2.05) is 0 Å². The Morgan fingerprint density at radius 2 is 1.88 bits per heavy atom. The van der Waals surface area contributed by atoms with Crippen LogP contribution in [0.25, 0.3) is 0 Å². The summed E-state index contributed by atoms with van der Waals surface area (Å²) in [6, 6.07) is -0.0379. The molecule has 16 heavy (non-hydrogen) atoms. The predicted octanol–water partition coefficient (Wildman–Crippen LogP) is 4.47. The fourth-order valence-corrected chi connectivity index (χ4v) is 2.07. The number of carbonyl (C=O) groups excluding carboxylic acids is 1. The lowest BCUT2D eigenvalue weighted by Gasteiger charge is -2.07. The molecule has 0 aliphatic carbocycles. The first-order valence-corrected chi connectivity index (χ1v) is 7.03. The van der Waals surface area contributed by atoms with Crippen LogP contribution in [0.3, 0.4) is 0 Å². The number of hydrogen-bond donors (Lipinski definition) is 0. The second-order valence-electron chi connectivity index (χ2n) is 3.96. The average Bonchev–Trinajstić information content (AvgIpc) is 2.24. The molecule has 0 rings (SSSR count). The lowest BCUT2D eigenvalue weighted by atomic mass is 10.1. The Balaban J connectivity index is 3.18. The third kappa shape index (κ3) is 10.6. The summed E-state index contributed by atoms with van der Waals surface area (Å²) in [5, 5.41) is 0.325. The zero-order valence-corrected chi connectivity index (χ0v) is 11.5. The fourth-order valence-electron chi connectivity index (χ4n) is 1.58. The van der Waals surface area contributed by atoms with Crippen LogP contribution in [0.4, 0.5) is 0 Å². The predicted molar refractivity (Wildman–Crippen MR) is 69.1 cm³/mol. The minimum atomic E-state index is -0.198. The minimum Gasteiger partial charge on any atom is -0.449 e. The second kappa shape index (κ2) is 11.5. The van der Waals surface area contributed by atoms with E-state index in [1.165, 1.54) is 0 Å². The molecule has 4 heteroatoms. The Labute approximate surface area is 109 Å².